The Bertz CT molecular complexity index is 674. The van der Waals surface area contributed by atoms with Gasteiger partial charge in [0.1, 0.15) is 5.01 Å². The predicted octanol–water partition coefficient (Wildman–Crippen LogP) is 1.33. The highest BCUT2D eigenvalue weighted by atomic mass is 127. The fourth-order valence-electron chi connectivity index (χ4n) is 2.46. The van der Waals surface area contributed by atoms with Crippen LogP contribution in [0.25, 0.3) is 0 Å². The van der Waals surface area contributed by atoms with Gasteiger partial charge < -0.3 is 20.3 Å². The predicted molar refractivity (Wildman–Crippen MR) is 109 cm³/mol. The second-order valence-electron chi connectivity index (χ2n) is 5.36. The lowest BCUT2D eigenvalue weighted by Crippen LogP contribution is -2.51. The molecule has 0 amide bonds. The average Bonchev–Trinajstić information content (AvgIpc) is 3.08. The summed E-state index contributed by atoms with van der Waals surface area (Å²) in [6.45, 7) is 4.30. The number of piperazine rings is 1. The van der Waals surface area contributed by atoms with Crippen LogP contribution in [0.3, 0.4) is 0 Å². The van der Waals surface area contributed by atoms with Crippen LogP contribution in [-0.4, -0.2) is 59.1 Å². The Labute approximate surface area is 168 Å². The van der Waals surface area contributed by atoms with Gasteiger partial charge in [-0.05, 0) is 6.07 Å². The minimum Gasteiger partial charge on any atom is -0.378 e. The SMILES string of the molecule is COCc1nc(CN=C(N)N2CCN(c3ncccn3)CC2)cs1.I. The molecule has 10 heteroatoms. The van der Waals surface area contributed by atoms with Gasteiger partial charge in [-0.15, -0.1) is 35.3 Å². The van der Waals surface area contributed by atoms with E-state index in [-0.39, 0.29) is 24.0 Å². The number of rotatable bonds is 5. The van der Waals surface area contributed by atoms with Crippen molar-refractivity contribution in [2.75, 3.05) is 38.2 Å². The maximum absolute atomic E-state index is 6.12. The summed E-state index contributed by atoms with van der Waals surface area (Å²) in [5.74, 6) is 1.32. The maximum Gasteiger partial charge on any atom is 0.225 e. The largest absolute Gasteiger partial charge is 0.378 e. The zero-order chi connectivity index (χ0) is 16.8. The molecule has 0 radical (unpaired) electrons. The van der Waals surface area contributed by atoms with Gasteiger partial charge in [-0.2, -0.15) is 0 Å². The van der Waals surface area contributed by atoms with E-state index >= 15 is 0 Å². The van der Waals surface area contributed by atoms with E-state index in [0.29, 0.717) is 19.1 Å². The van der Waals surface area contributed by atoms with E-state index in [0.717, 1.165) is 42.8 Å². The molecule has 0 aliphatic carbocycles. The van der Waals surface area contributed by atoms with E-state index < -0.39 is 0 Å². The van der Waals surface area contributed by atoms with Crippen LogP contribution in [0.15, 0.2) is 28.8 Å². The highest BCUT2D eigenvalue weighted by molar-refractivity contribution is 14.0. The highest BCUT2D eigenvalue weighted by Crippen LogP contribution is 2.12. The van der Waals surface area contributed by atoms with Crippen molar-refractivity contribution in [2.24, 2.45) is 10.7 Å². The second-order valence-corrected chi connectivity index (χ2v) is 6.31. The third-order valence-electron chi connectivity index (χ3n) is 3.71. The monoisotopic (exact) mass is 475 g/mol. The van der Waals surface area contributed by atoms with E-state index in [1.54, 1.807) is 30.8 Å². The van der Waals surface area contributed by atoms with E-state index in [9.17, 15) is 0 Å². The Hall–Kier alpha value is -1.53. The molecule has 0 atom stereocenters. The van der Waals surface area contributed by atoms with Crippen molar-refractivity contribution < 1.29 is 4.74 Å². The maximum atomic E-state index is 6.12. The van der Waals surface area contributed by atoms with Gasteiger partial charge in [0.25, 0.3) is 0 Å². The zero-order valence-electron chi connectivity index (χ0n) is 14.0. The van der Waals surface area contributed by atoms with Crippen molar-refractivity contribution in [3.63, 3.8) is 0 Å². The Kier molecular flexibility index (Phi) is 7.78. The third kappa shape index (κ3) is 5.47. The van der Waals surface area contributed by atoms with Gasteiger partial charge in [-0.1, -0.05) is 0 Å². The molecule has 8 nitrogen and oxygen atoms in total. The number of aromatic nitrogens is 3. The Balaban J connectivity index is 0.00000225. The minimum atomic E-state index is 0. The van der Waals surface area contributed by atoms with Crippen molar-refractivity contribution in [2.45, 2.75) is 13.2 Å². The quantitative estimate of drug-likeness (QED) is 0.396. The third-order valence-corrected chi connectivity index (χ3v) is 4.58. The molecule has 0 unspecified atom stereocenters. The molecule has 1 aliphatic rings. The number of methoxy groups -OCH3 is 1. The van der Waals surface area contributed by atoms with Gasteiger partial charge >= 0.3 is 0 Å². The summed E-state index contributed by atoms with van der Waals surface area (Å²) in [6.07, 6.45) is 3.52. The summed E-state index contributed by atoms with van der Waals surface area (Å²) in [5.41, 5.74) is 7.05. The molecule has 0 saturated carbocycles. The lowest BCUT2D eigenvalue weighted by Gasteiger charge is -2.35. The Morgan fingerprint density at radius 3 is 2.68 bits per heavy atom. The van der Waals surface area contributed by atoms with Gasteiger partial charge in [-0.25, -0.2) is 19.9 Å². The number of hydrogen-bond donors (Lipinski definition) is 1. The normalized spacial score (nSPS) is 15.2. The molecule has 3 heterocycles. The highest BCUT2D eigenvalue weighted by Gasteiger charge is 2.19. The molecule has 2 aromatic heterocycles. The van der Waals surface area contributed by atoms with Crippen LogP contribution in [-0.2, 0) is 17.9 Å². The van der Waals surface area contributed by atoms with Crippen LogP contribution in [0.2, 0.25) is 0 Å². The molecular weight excluding hydrogens is 453 g/mol. The van der Waals surface area contributed by atoms with E-state index in [4.69, 9.17) is 10.5 Å². The molecule has 0 spiro atoms. The fraction of sp³-hybridized carbons (Fsp3) is 0.467. The van der Waals surface area contributed by atoms with Crippen LogP contribution in [0.5, 0.6) is 0 Å². The number of ether oxygens (including phenoxy) is 1. The summed E-state index contributed by atoms with van der Waals surface area (Å²) in [7, 11) is 1.66. The summed E-state index contributed by atoms with van der Waals surface area (Å²) >= 11 is 1.58. The van der Waals surface area contributed by atoms with E-state index in [1.807, 2.05) is 11.4 Å². The number of anilines is 1. The molecule has 0 aromatic carbocycles. The first-order valence-corrected chi connectivity index (χ1v) is 8.63. The summed E-state index contributed by atoms with van der Waals surface area (Å²) in [4.78, 5) is 21.7. The molecule has 2 aromatic rings. The summed E-state index contributed by atoms with van der Waals surface area (Å²) in [6, 6.07) is 1.82. The molecular formula is C15H22IN7OS. The van der Waals surface area contributed by atoms with Crippen LogP contribution in [0.1, 0.15) is 10.7 Å². The Morgan fingerprint density at radius 2 is 2.00 bits per heavy atom. The first-order valence-electron chi connectivity index (χ1n) is 7.75. The number of aliphatic imine (C=N–C) groups is 1. The molecule has 1 fully saturated rings. The van der Waals surface area contributed by atoms with E-state index in [1.165, 1.54) is 0 Å². The van der Waals surface area contributed by atoms with Crippen LogP contribution < -0.4 is 10.6 Å². The second kappa shape index (κ2) is 9.82. The van der Waals surface area contributed by atoms with Gasteiger partial charge in [-0.3, -0.25) is 0 Å². The topological polar surface area (TPSA) is 92.8 Å². The number of halogens is 1. The molecule has 3 rings (SSSR count). The lowest BCUT2D eigenvalue weighted by molar-refractivity contribution is 0.184. The first-order chi connectivity index (χ1) is 11.8. The minimum absolute atomic E-state index is 0. The van der Waals surface area contributed by atoms with Gasteiger partial charge in [0.05, 0.1) is 18.8 Å². The smallest absolute Gasteiger partial charge is 0.225 e. The van der Waals surface area contributed by atoms with Crippen LogP contribution in [0.4, 0.5) is 5.95 Å². The van der Waals surface area contributed by atoms with Crippen molar-refractivity contribution in [3.8, 4) is 0 Å². The molecule has 1 saturated heterocycles. The Morgan fingerprint density at radius 1 is 1.28 bits per heavy atom. The average molecular weight is 475 g/mol. The number of hydrogen-bond acceptors (Lipinski definition) is 7. The first kappa shape index (κ1) is 19.8. The number of nitrogens with zero attached hydrogens (tertiary/aromatic N) is 6. The van der Waals surface area contributed by atoms with Gasteiger partial charge in [0, 0.05) is 51.1 Å². The van der Waals surface area contributed by atoms with Gasteiger partial charge in [0.2, 0.25) is 5.95 Å². The van der Waals surface area contributed by atoms with Crippen molar-refractivity contribution in [1.82, 2.24) is 19.9 Å². The summed E-state index contributed by atoms with van der Waals surface area (Å²) in [5, 5.41) is 2.95. The van der Waals surface area contributed by atoms with Crippen LogP contribution in [0, 0.1) is 0 Å². The van der Waals surface area contributed by atoms with Crippen LogP contribution >= 0.6 is 35.3 Å². The van der Waals surface area contributed by atoms with Crippen molar-refractivity contribution >= 4 is 47.2 Å². The fourth-order valence-corrected chi connectivity index (χ4v) is 3.22. The molecule has 1 aliphatic heterocycles. The number of guanidine groups is 1. The molecule has 2 N–H and O–H groups in total. The standard InChI is InChI=1S/C15H21N7OS.HI/c1-23-10-13-20-12(11-24-13)9-19-14(16)21-5-7-22(8-6-21)15-17-3-2-4-18-15;/h2-4,11H,5-10H2,1H3,(H2,16,19);1H. The van der Waals surface area contributed by atoms with E-state index in [2.05, 4.69) is 29.7 Å². The lowest BCUT2D eigenvalue weighted by atomic mass is 10.3. The van der Waals surface area contributed by atoms with Crippen molar-refractivity contribution in [3.05, 3.63) is 34.5 Å². The van der Waals surface area contributed by atoms with Crippen molar-refractivity contribution in [1.29, 1.82) is 0 Å². The molecule has 0 bridgehead atoms. The summed E-state index contributed by atoms with van der Waals surface area (Å²) < 4.78 is 5.07. The number of nitrogens with two attached hydrogens (primary N) is 1. The zero-order valence-corrected chi connectivity index (χ0v) is 17.2. The molecule has 136 valence electrons. The van der Waals surface area contributed by atoms with Gasteiger partial charge in [0.15, 0.2) is 5.96 Å². The number of thiazole rings is 1. The molecule has 25 heavy (non-hydrogen) atoms.